The minimum atomic E-state index is -0.135. The molecule has 8 nitrogen and oxygen atoms in total. The number of aromatic nitrogens is 3. The number of nitrogens with one attached hydrogen (secondary N) is 2. The molecule has 1 saturated carbocycles. The van der Waals surface area contributed by atoms with Crippen molar-refractivity contribution < 1.29 is 9.53 Å². The second-order valence-corrected chi connectivity index (χ2v) is 11.3. The summed E-state index contributed by atoms with van der Waals surface area (Å²) < 4.78 is 5.86. The van der Waals surface area contributed by atoms with Crippen molar-refractivity contribution in [3.63, 3.8) is 0 Å². The highest BCUT2D eigenvalue weighted by Crippen LogP contribution is 2.56. The maximum absolute atomic E-state index is 12.8. The van der Waals surface area contributed by atoms with Gasteiger partial charge in [-0.05, 0) is 80.0 Å². The first-order valence-electron chi connectivity index (χ1n) is 13.9. The van der Waals surface area contributed by atoms with Gasteiger partial charge < -0.3 is 15.0 Å². The summed E-state index contributed by atoms with van der Waals surface area (Å²) in [5, 5.41) is 13.6. The molecule has 4 aromatic rings. The number of fused-ring (bicyclic) bond motifs is 1. The molecule has 0 bridgehead atoms. The summed E-state index contributed by atoms with van der Waals surface area (Å²) >= 11 is 0. The van der Waals surface area contributed by atoms with Gasteiger partial charge in [-0.3, -0.25) is 19.7 Å². The van der Waals surface area contributed by atoms with E-state index in [0.29, 0.717) is 12.1 Å². The number of nitrogens with zero attached hydrogens (tertiary/aromatic N) is 4. The standard InChI is InChI=1S/C32H34N6O2/c1-21-13-29(40-2)27(26-7-9-36-30(21)26)20-38-12-8-32(14-22(15-32)17-33)16-28(38)23-3-5-24(6-4-23)31(39)37-19-25-18-34-10-11-35-25/h3-7,9-11,13,18,22,28,36H,8,12,14-16,19-20H2,1-2H3,(H,37,39)/t22?,28-,32?/m0/s1. The lowest BCUT2D eigenvalue weighted by Gasteiger charge is -2.53. The number of H-pyrrole nitrogens is 1. The Balaban J connectivity index is 1.25. The number of rotatable bonds is 7. The lowest BCUT2D eigenvalue weighted by molar-refractivity contribution is -0.0298. The molecule has 2 N–H and O–H groups in total. The fourth-order valence-electron chi connectivity index (χ4n) is 6.68. The molecule has 40 heavy (non-hydrogen) atoms. The monoisotopic (exact) mass is 534 g/mol. The molecule has 204 valence electrons. The highest BCUT2D eigenvalue weighted by Gasteiger charge is 2.49. The van der Waals surface area contributed by atoms with Crippen LogP contribution in [-0.2, 0) is 13.1 Å². The molecule has 1 spiro atoms. The largest absolute Gasteiger partial charge is 0.496 e. The van der Waals surface area contributed by atoms with Crippen LogP contribution in [0.5, 0.6) is 5.75 Å². The number of ether oxygens (including phenoxy) is 1. The van der Waals surface area contributed by atoms with E-state index < -0.39 is 0 Å². The number of carbonyl (C=O) groups is 1. The number of amides is 1. The predicted molar refractivity (Wildman–Crippen MR) is 152 cm³/mol. The number of piperidine rings is 1. The summed E-state index contributed by atoms with van der Waals surface area (Å²) in [5.41, 5.74) is 6.25. The minimum Gasteiger partial charge on any atom is -0.496 e. The lowest BCUT2D eigenvalue weighted by Crippen LogP contribution is -2.48. The van der Waals surface area contributed by atoms with E-state index in [1.165, 1.54) is 22.1 Å². The van der Waals surface area contributed by atoms with Gasteiger partial charge in [-0.25, -0.2) is 0 Å². The van der Waals surface area contributed by atoms with Crippen molar-refractivity contribution in [2.45, 2.75) is 51.7 Å². The number of aromatic amines is 1. The SMILES string of the molecule is COc1cc(C)c2[nH]ccc2c1CN1CCC2(CC(C#N)C2)C[C@H]1c1ccc(C(=O)NCc2cnccn2)cc1. The average Bonchev–Trinajstić information content (AvgIpc) is 3.48. The van der Waals surface area contributed by atoms with Crippen LogP contribution in [0.25, 0.3) is 10.9 Å². The molecular formula is C32H34N6O2. The maximum Gasteiger partial charge on any atom is 0.251 e. The van der Waals surface area contributed by atoms with E-state index in [1.807, 2.05) is 18.3 Å². The highest BCUT2D eigenvalue weighted by atomic mass is 16.5. The molecule has 1 aliphatic heterocycles. The number of nitriles is 1. The van der Waals surface area contributed by atoms with Gasteiger partial charge in [0, 0.05) is 59.1 Å². The Morgan fingerprint density at radius 1 is 1.23 bits per heavy atom. The van der Waals surface area contributed by atoms with E-state index in [4.69, 9.17) is 4.74 Å². The van der Waals surface area contributed by atoms with Gasteiger partial charge >= 0.3 is 0 Å². The molecule has 8 heteroatoms. The average molecular weight is 535 g/mol. The molecule has 1 saturated heterocycles. The number of benzene rings is 2. The number of hydrogen-bond donors (Lipinski definition) is 2. The third kappa shape index (κ3) is 4.93. The van der Waals surface area contributed by atoms with Gasteiger partial charge in [0.05, 0.1) is 31.6 Å². The molecule has 2 aromatic heterocycles. The molecule has 0 unspecified atom stereocenters. The van der Waals surface area contributed by atoms with Crippen LogP contribution in [0, 0.1) is 29.6 Å². The predicted octanol–water partition coefficient (Wildman–Crippen LogP) is 5.46. The van der Waals surface area contributed by atoms with E-state index in [1.54, 1.807) is 25.7 Å². The van der Waals surface area contributed by atoms with E-state index in [9.17, 15) is 10.1 Å². The quantitative estimate of drug-likeness (QED) is 0.326. The van der Waals surface area contributed by atoms with Crippen LogP contribution in [-0.4, -0.2) is 39.4 Å². The zero-order valence-electron chi connectivity index (χ0n) is 23.0. The third-order valence-corrected chi connectivity index (χ3v) is 8.83. The normalized spacial score (nSPS) is 22.5. The smallest absolute Gasteiger partial charge is 0.251 e. The van der Waals surface area contributed by atoms with Crippen molar-refractivity contribution in [1.29, 1.82) is 5.26 Å². The Morgan fingerprint density at radius 3 is 2.77 bits per heavy atom. The third-order valence-electron chi connectivity index (χ3n) is 8.83. The fourth-order valence-corrected chi connectivity index (χ4v) is 6.68. The summed E-state index contributed by atoms with van der Waals surface area (Å²) in [6.45, 7) is 4.15. The Kier molecular flexibility index (Phi) is 6.99. The van der Waals surface area contributed by atoms with Gasteiger partial charge in [0.15, 0.2) is 0 Å². The Hall–Kier alpha value is -4.22. The molecule has 2 aromatic carbocycles. The fraction of sp³-hybridized carbons (Fsp3) is 0.375. The van der Waals surface area contributed by atoms with Gasteiger partial charge in [0.1, 0.15) is 5.75 Å². The van der Waals surface area contributed by atoms with Crippen molar-refractivity contribution >= 4 is 16.8 Å². The zero-order valence-corrected chi connectivity index (χ0v) is 23.0. The van der Waals surface area contributed by atoms with Crippen molar-refractivity contribution in [1.82, 2.24) is 25.2 Å². The topological polar surface area (TPSA) is 107 Å². The first kappa shape index (κ1) is 26.0. The zero-order chi connectivity index (χ0) is 27.7. The summed E-state index contributed by atoms with van der Waals surface area (Å²) in [4.78, 5) is 27.0. The van der Waals surface area contributed by atoms with Crippen LogP contribution in [0.1, 0.15) is 64.5 Å². The summed E-state index contributed by atoms with van der Waals surface area (Å²) in [6, 6.07) is 14.9. The van der Waals surface area contributed by atoms with Crippen molar-refractivity contribution in [3.8, 4) is 11.8 Å². The van der Waals surface area contributed by atoms with Gasteiger partial charge in [0.25, 0.3) is 5.91 Å². The van der Waals surface area contributed by atoms with E-state index in [2.05, 4.69) is 62.4 Å². The van der Waals surface area contributed by atoms with Crippen LogP contribution < -0.4 is 10.1 Å². The number of hydrogen-bond acceptors (Lipinski definition) is 6. The molecule has 2 fully saturated rings. The molecule has 1 aliphatic carbocycles. The van der Waals surface area contributed by atoms with Gasteiger partial charge in [0.2, 0.25) is 0 Å². The van der Waals surface area contributed by atoms with Gasteiger partial charge in [-0.1, -0.05) is 12.1 Å². The molecule has 6 rings (SSSR count). The van der Waals surface area contributed by atoms with Gasteiger partial charge in [-0.2, -0.15) is 5.26 Å². The van der Waals surface area contributed by atoms with Crippen molar-refractivity contribution in [2.24, 2.45) is 11.3 Å². The van der Waals surface area contributed by atoms with E-state index in [-0.39, 0.29) is 23.3 Å². The number of aryl methyl sites for hydroxylation is 1. The van der Waals surface area contributed by atoms with E-state index >= 15 is 0 Å². The molecule has 2 aliphatic rings. The first-order valence-corrected chi connectivity index (χ1v) is 13.9. The van der Waals surface area contributed by atoms with Gasteiger partial charge in [-0.15, -0.1) is 0 Å². The minimum absolute atomic E-state index is 0.135. The number of methoxy groups -OCH3 is 1. The number of likely N-dealkylation sites (tertiary alicyclic amines) is 1. The molecule has 3 heterocycles. The first-order chi connectivity index (χ1) is 19.5. The Morgan fingerprint density at radius 2 is 2.05 bits per heavy atom. The van der Waals surface area contributed by atoms with Crippen molar-refractivity contribution in [3.05, 3.63) is 89.1 Å². The summed E-state index contributed by atoms with van der Waals surface area (Å²) in [6.07, 6.45) is 10.9. The summed E-state index contributed by atoms with van der Waals surface area (Å²) in [5.74, 6) is 0.945. The molecule has 1 amide bonds. The second-order valence-electron chi connectivity index (χ2n) is 11.3. The lowest BCUT2D eigenvalue weighted by atomic mass is 9.56. The molecule has 0 radical (unpaired) electrons. The molecule has 1 atom stereocenters. The Bertz CT molecular complexity index is 1550. The van der Waals surface area contributed by atoms with Crippen LogP contribution in [0.15, 0.2) is 61.2 Å². The second kappa shape index (κ2) is 10.7. The van der Waals surface area contributed by atoms with Crippen LogP contribution in [0.2, 0.25) is 0 Å². The molecular weight excluding hydrogens is 500 g/mol. The van der Waals surface area contributed by atoms with Crippen LogP contribution in [0.4, 0.5) is 0 Å². The van der Waals surface area contributed by atoms with E-state index in [0.717, 1.165) is 55.7 Å². The highest BCUT2D eigenvalue weighted by molar-refractivity contribution is 5.94. The van der Waals surface area contributed by atoms with Crippen LogP contribution >= 0.6 is 0 Å². The number of carbonyl (C=O) groups excluding carboxylic acids is 1. The maximum atomic E-state index is 12.8. The van der Waals surface area contributed by atoms with Crippen molar-refractivity contribution in [2.75, 3.05) is 13.7 Å². The van der Waals surface area contributed by atoms with Crippen LogP contribution in [0.3, 0.4) is 0 Å². The summed E-state index contributed by atoms with van der Waals surface area (Å²) in [7, 11) is 1.74. The Labute approximate surface area is 234 Å².